The number of rotatable bonds is 4. The Balaban J connectivity index is 2.05. The number of hydrogen-bond acceptors (Lipinski definition) is 6. The molecule has 2 heterocycles. The topological polar surface area (TPSA) is 94.0 Å². The van der Waals surface area contributed by atoms with Gasteiger partial charge in [0.05, 0.1) is 5.75 Å². The predicted octanol–water partition coefficient (Wildman–Crippen LogP) is 1.89. The maximum atomic E-state index is 11.3. The standard InChI is InChI=1S/C13H16N4O2S/c1-7-8(2)15-13(16-9(7)3)20-6-10-4-5-11(19-10)12(18)17-14/h4-5H,6,14H2,1-3H3,(H,17,18). The van der Waals surface area contributed by atoms with Crippen LogP contribution in [0.4, 0.5) is 0 Å². The molecule has 2 aromatic rings. The second kappa shape index (κ2) is 6.06. The van der Waals surface area contributed by atoms with E-state index in [1.165, 1.54) is 11.8 Å². The molecule has 0 aliphatic rings. The summed E-state index contributed by atoms with van der Waals surface area (Å²) in [4.78, 5) is 20.1. The number of nitrogens with zero attached hydrogens (tertiary/aromatic N) is 2. The molecule has 2 rings (SSSR count). The fraction of sp³-hybridized carbons (Fsp3) is 0.308. The van der Waals surface area contributed by atoms with Crippen molar-refractivity contribution in [3.63, 3.8) is 0 Å². The average molecular weight is 292 g/mol. The number of thioether (sulfide) groups is 1. The van der Waals surface area contributed by atoms with Crippen molar-refractivity contribution >= 4 is 17.7 Å². The number of carbonyl (C=O) groups excluding carboxylic acids is 1. The molecule has 6 nitrogen and oxygen atoms in total. The zero-order valence-electron chi connectivity index (χ0n) is 11.6. The molecule has 3 N–H and O–H groups in total. The highest BCUT2D eigenvalue weighted by Crippen LogP contribution is 2.22. The summed E-state index contributed by atoms with van der Waals surface area (Å²) in [5, 5.41) is 0.701. The van der Waals surface area contributed by atoms with Gasteiger partial charge in [0.25, 0.3) is 0 Å². The normalized spacial score (nSPS) is 10.6. The molecule has 0 radical (unpaired) electrons. The van der Waals surface area contributed by atoms with Crippen LogP contribution in [0.5, 0.6) is 0 Å². The van der Waals surface area contributed by atoms with Crippen molar-refractivity contribution < 1.29 is 9.21 Å². The van der Waals surface area contributed by atoms with Gasteiger partial charge in [0.2, 0.25) is 0 Å². The Labute approximate surface area is 121 Å². The molecular formula is C13H16N4O2S. The van der Waals surface area contributed by atoms with Gasteiger partial charge in [-0.05, 0) is 38.5 Å². The first-order valence-corrected chi connectivity index (χ1v) is 7.04. The van der Waals surface area contributed by atoms with E-state index in [1.54, 1.807) is 12.1 Å². The fourth-order valence-corrected chi connectivity index (χ4v) is 2.42. The quantitative estimate of drug-likeness (QED) is 0.294. The van der Waals surface area contributed by atoms with Gasteiger partial charge in [-0.2, -0.15) is 0 Å². The van der Waals surface area contributed by atoms with Crippen LogP contribution in [0.2, 0.25) is 0 Å². The van der Waals surface area contributed by atoms with E-state index in [-0.39, 0.29) is 5.76 Å². The minimum Gasteiger partial charge on any atom is -0.455 e. The fourth-order valence-electron chi connectivity index (χ4n) is 1.59. The summed E-state index contributed by atoms with van der Waals surface area (Å²) in [5.74, 6) is 6.02. The number of aryl methyl sites for hydroxylation is 2. The summed E-state index contributed by atoms with van der Waals surface area (Å²) >= 11 is 1.46. The molecule has 0 saturated heterocycles. The van der Waals surface area contributed by atoms with Gasteiger partial charge in [-0.3, -0.25) is 10.2 Å². The van der Waals surface area contributed by atoms with Crippen molar-refractivity contribution in [3.05, 3.63) is 40.6 Å². The van der Waals surface area contributed by atoms with Crippen LogP contribution < -0.4 is 11.3 Å². The van der Waals surface area contributed by atoms with E-state index >= 15 is 0 Å². The Morgan fingerprint density at radius 3 is 2.55 bits per heavy atom. The number of aromatic nitrogens is 2. The number of nitrogens with two attached hydrogens (primary N) is 1. The summed E-state index contributed by atoms with van der Waals surface area (Å²) in [6.07, 6.45) is 0. The van der Waals surface area contributed by atoms with Crippen molar-refractivity contribution in [2.75, 3.05) is 0 Å². The summed E-state index contributed by atoms with van der Waals surface area (Å²) < 4.78 is 5.37. The van der Waals surface area contributed by atoms with Crippen LogP contribution in [0.3, 0.4) is 0 Å². The molecule has 0 spiro atoms. The Bertz CT molecular complexity index is 616. The van der Waals surface area contributed by atoms with Crippen molar-refractivity contribution in [2.45, 2.75) is 31.7 Å². The molecule has 0 unspecified atom stereocenters. The van der Waals surface area contributed by atoms with Crippen LogP contribution in [0.25, 0.3) is 0 Å². The van der Waals surface area contributed by atoms with E-state index in [0.717, 1.165) is 17.0 Å². The molecule has 1 amide bonds. The van der Waals surface area contributed by atoms with Gasteiger partial charge in [0.1, 0.15) is 5.76 Å². The van der Waals surface area contributed by atoms with Gasteiger partial charge in [-0.15, -0.1) is 0 Å². The van der Waals surface area contributed by atoms with Crippen LogP contribution in [-0.4, -0.2) is 15.9 Å². The molecule has 0 saturated carbocycles. The summed E-state index contributed by atoms with van der Waals surface area (Å²) in [6.45, 7) is 5.93. The molecule has 7 heteroatoms. The molecule has 0 atom stereocenters. The second-order valence-electron chi connectivity index (χ2n) is 4.33. The highest BCUT2D eigenvalue weighted by molar-refractivity contribution is 7.98. The largest absolute Gasteiger partial charge is 0.455 e. The zero-order valence-corrected chi connectivity index (χ0v) is 12.4. The van der Waals surface area contributed by atoms with Crippen molar-refractivity contribution in [1.29, 1.82) is 0 Å². The van der Waals surface area contributed by atoms with Crippen LogP contribution in [0, 0.1) is 20.8 Å². The van der Waals surface area contributed by atoms with Gasteiger partial charge >= 0.3 is 5.91 Å². The van der Waals surface area contributed by atoms with Crippen LogP contribution >= 0.6 is 11.8 Å². The Morgan fingerprint density at radius 2 is 1.95 bits per heavy atom. The van der Waals surface area contributed by atoms with E-state index < -0.39 is 5.91 Å². The van der Waals surface area contributed by atoms with E-state index in [0.29, 0.717) is 16.7 Å². The van der Waals surface area contributed by atoms with Crippen LogP contribution in [0.15, 0.2) is 21.7 Å². The third-order valence-electron chi connectivity index (χ3n) is 2.97. The summed E-state index contributed by atoms with van der Waals surface area (Å²) in [7, 11) is 0. The highest BCUT2D eigenvalue weighted by Gasteiger charge is 2.11. The van der Waals surface area contributed by atoms with Crippen LogP contribution in [0.1, 0.15) is 33.3 Å². The van der Waals surface area contributed by atoms with E-state index in [1.807, 2.05) is 26.2 Å². The lowest BCUT2D eigenvalue weighted by atomic mass is 10.2. The second-order valence-corrected chi connectivity index (χ2v) is 5.27. The van der Waals surface area contributed by atoms with Gasteiger partial charge in [0.15, 0.2) is 10.9 Å². The Hall–Kier alpha value is -1.86. The SMILES string of the molecule is Cc1nc(SCc2ccc(C(=O)NN)o2)nc(C)c1C. The average Bonchev–Trinajstić information content (AvgIpc) is 2.90. The first kappa shape index (κ1) is 14.5. The number of carbonyl (C=O) groups is 1. The molecule has 20 heavy (non-hydrogen) atoms. The number of hydrazine groups is 1. The Kier molecular flexibility index (Phi) is 4.41. The highest BCUT2D eigenvalue weighted by atomic mass is 32.2. The van der Waals surface area contributed by atoms with Crippen LogP contribution in [-0.2, 0) is 5.75 Å². The van der Waals surface area contributed by atoms with Gasteiger partial charge in [-0.1, -0.05) is 11.8 Å². The summed E-state index contributed by atoms with van der Waals surface area (Å²) in [6, 6.07) is 3.33. The van der Waals surface area contributed by atoms with Crippen molar-refractivity contribution in [2.24, 2.45) is 5.84 Å². The monoisotopic (exact) mass is 292 g/mol. The molecule has 0 aliphatic carbocycles. The molecule has 0 bridgehead atoms. The van der Waals surface area contributed by atoms with Gasteiger partial charge < -0.3 is 4.42 Å². The lowest BCUT2D eigenvalue weighted by Crippen LogP contribution is -2.29. The molecule has 106 valence electrons. The minimum absolute atomic E-state index is 0.195. The third-order valence-corrected chi connectivity index (χ3v) is 3.84. The lowest BCUT2D eigenvalue weighted by molar-refractivity contribution is 0.0924. The van der Waals surface area contributed by atoms with E-state index in [2.05, 4.69) is 9.97 Å². The summed E-state index contributed by atoms with van der Waals surface area (Å²) in [5.41, 5.74) is 5.08. The zero-order chi connectivity index (χ0) is 14.7. The van der Waals surface area contributed by atoms with E-state index in [4.69, 9.17) is 10.3 Å². The van der Waals surface area contributed by atoms with E-state index in [9.17, 15) is 4.79 Å². The first-order valence-electron chi connectivity index (χ1n) is 6.05. The molecular weight excluding hydrogens is 276 g/mol. The number of furan rings is 1. The van der Waals surface area contributed by atoms with Crippen molar-refractivity contribution in [3.8, 4) is 0 Å². The molecule has 0 aromatic carbocycles. The number of nitrogens with one attached hydrogen (secondary N) is 1. The first-order chi connectivity index (χ1) is 9.51. The lowest BCUT2D eigenvalue weighted by Gasteiger charge is -2.05. The maximum Gasteiger partial charge on any atom is 0.300 e. The third kappa shape index (κ3) is 3.17. The predicted molar refractivity (Wildman–Crippen MR) is 76.2 cm³/mol. The number of amides is 1. The smallest absolute Gasteiger partial charge is 0.300 e. The molecule has 2 aromatic heterocycles. The molecule has 0 aliphatic heterocycles. The Morgan fingerprint density at radius 1 is 1.30 bits per heavy atom. The van der Waals surface area contributed by atoms with Gasteiger partial charge in [0, 0.05) is 11.4 Å². The van der Waals surface area contributed by atoms with Crippen molar-refractivity contribution in [1.82, 2.24) is 15.4 Å². The number of hydrogen-bond donors (Lipinski definition) is 2. The minimum atomic E-state index is -0.445. The number of nitrogen functional groups attached to an aromatic ring is 1. The maximum absolute atomic E-state index is 11.3. The van der Waals surface area contributed by atoms with Gasteiger partial charge in [-0.25, -0.2) is 15.8 Å². The molecule has 0 fully saturated rings.